The van der Waals surface area contributed by atoms with Gasteiger partial charge < -0.3 is 14.0 Å². The number of nitriles is 1. The maximum Gasteiger partial charge on any atom is 0.337 e. The molecule has 0 aliphatic heterocycles. The first-order chi connectivity index (χ1) is 16.5. The van der Waals surface area contributed by atoms with Gasteiger partial charge in [0.05, 0.1) is 49.1 Å². The molecule has 1 unspecified atom stereocenters. The molecule has 170 valence electrons. The molecule has 6 heteroatoms. The van der Waals surface area contributed by atoms with Crippen molar-refractivity contribution in [3.63, 3.8) is 0 Å². The summed E-state index contributed by atoms with van der Waals surface area (Å²) in [5.74, 6) is -0.374. The largest absolute Gasteiger partial charge is 0.465 e. The van der Waals surface area contributed by atoms with Crippen LogP contribution in [0.4, 0.5) is 0 Å². The van der Waals surface area contributed by atoms with Crippen LogP contribution in [0.5, 0.6) is 0 Å². The van der Waals surface area contributed by atoms with Gasteiger partial charge in [0.15, 0.2) is 0 Å². The van der Waals surface area contributed by atoms with Gasteiger partial charge in [-0.05, 0) is 53.4 Å². The maximum atomic E-state index is 11.7. The van der Waals surface area contributed by atoms with Gasteiger partial charge in [-0.15, -0.1) is 0 Å². The van der Waals surface area contributed by atoms with E-state index in [4.69, 9.17) is 9.47 Å². The number of esters is 1. The Morgan fingerprint density at radius 1 is 1.09 bits per heavy atom. The van der Waals surface area contributed by atoms with Crippen molar-refractivity contribution in [2.24, 2.45) is 7.05 Å². The van der Waals surface area contributed by atoms with Crippen molar-refractivity contribution in [3.8, 4) is 17.2 Å². The van der Waals surface area contributed by atoms with Gasteiger partial charge in [-0.1, -0.05) is 42.5 Å². The number of hydrogen-bond acceptors (Lipinski definition) is 5. The molecule has 1 aromatic heterocycles. The van der Waals surface area contributed by atoms with Crippen LogP contribution in [0.25, 0.3) is 11.1 Å². The first-order valence-electron chi connectivity index (χ1n) is 10.9. The molecule has 0 spiro atoms. The van der Waals surface area contributed by atoms with Crippen LogP contribution in [0.3, 0.4) is 0 Å². The Balaban J connectivity index is 1.69. The number of ether oxygens (including phenoxy) is 2. The van der Waals surface area contributed by atoms with Gasteiger partial charge in [0.1, 0.15) is 6.10 Å². The van der Waals surface area contributed by atoms with Crippen LogP contribution in [-0.4, -0.2) is 22.6 Å². The van der Waals surface area contributed by atoms with E-state index in [1.54, 1.807) is 24.7 Å². The van der Waals surface area contributed by atoms with Gasteiger partial charge in [-0.25, -0.2) is 9.78 Å². The third-order valence-corrected chi connectivity index (χ3v) is 5.82. The monoisotopic (exact) mass is 451 g/mol. The molecule has 4 aromatic rings. The minimum absolute atomic E-state index is 0.330. The van der Waals surface area contributed by atoms with Crippen LogP contribution in [-0.2, 0) is 23.1 Å². The van der Waals surface area contributed by atoms with E-state index in [9.17, 15) is 10.1 Å². The number of rotatable bonds is 7. The first-order valence-corrected chi connectivity index (χ1v) is 10.9. The molecule has 0 fully saturated rings. The Labute approximate surface area is 199 Å². The van der Waals surface area contributed by atoms with E-state index in [0.717, 1.165) is 33.5 Å². The summed E-state index contributed by atoms with van der Waals surface area (Å²) in [6.07, 6.45) is 3.13. The Bertz CT molecular complexity index is 1350. The molecular weight excluding hydrogens is 426 g/mol. The van der Waals surface area contributed by atoms with Crippen LogP contribution < -0.4 is 0 Å². The number of hydrogen-bond donors (Lipinski definition) is 0. The SMILES string of the molecule is COC(=O)c1ccc(COC(c2ccc(C#N)c(-c3ccccc3C)c2)c2cncn2C)cc1. The number of aromatic nitrogens is 2. The van der Waals surface area contributed by atoms with Gasteiger partial charge in [0.2, 0.25) is 0 Å². The van der Waals surface area contributed by atoms with Crippen molar-refractivity contribution < 1.29 is 14.3 Å². The highest BCUT2D eigenvalue weighted by Crippen LogP contribution is 2.33. The average molecular weight is 452 g/mol. The van der Waals surface area contributed by atoms with E-state index >= 15 is 0 Å². The van der Waals surface area contributed by atoms with Crippen LogP contribution in [0, 0.1) is 18.3 Å². The summed E-state index contributed by atoms with van der Waals surface area (Å²) in [5, 5.41) is 9.73. The zero-order valence-corrected chi connectivity index (χ0v) is 19.4. The Morgan fingerprint density at radius 2 is 1.85 bits per heavy atom. The highest BCUT2D eigenvalue weighted by atomic mass is 16.5. The first kappa shape index (κ1) is 23.0. The third kappa shape index (κ3) is 4.75. The Kier molecular flexibility index (Phi) is 6.86. The lowest BCUT2D eigenvalue weighted by Crippen LogP contribution is -2.11. The molecule has 0 saturated carbocycles. The van der Waals surface area contributed by atoms with Crippen molar-refractivity contribution in [2.45, 2.75) is 19.6 Å². The normalized spacial score (nSPS) is 11.6. The number of aryl methyl sites for hydroxylation is 2. The topological polar surface area (TPSA) is 77.1 Å². The van der Waals surface area contributed by atoms with Gasteiger partial charge in [0.25, 0.3) is 0 Å². The quantitative estimate of drug-likeness (QED) is 0.354. The standard InChI is InChI=1S/C28H25N3O3/c1-19-6-4-5-7-24(19)25-14-22(12-13-23(25)15-29)27(26-16-30-18-31(26)2)34-17-20-8-10-21(11-9-20)28(32)33-3/h4-14,16,18,27H,17H2,1-3H3. The summed E-state index contributed by atoms with van der Waals surface area (Å²) < 4.78 is 13.1. The van der Waals surface area contributed by atoms with Crippen LogP contribution in [0.2, 0.25) is 0 Å². The van der Waals surface area contributed by atoms with E-state index in [1.807, 2.05) is 73.1 Å². The number of imidazole rings is 1. The maximum absolute atomic E-state index is 11.7. The van der Waals surface area contributed by atoms with Crippen LogP contribution >= 0.6 is 0 Å². The molecular formula is C28H25N3O3. The summed E-state index contributed by atoms with van der Waals surface area (Å²) >= 11 is 0. The van der Waals surface area contributed by atoms with Crippen molar-refractivity contribution in [1.82, 2.24) is 9.55 Å². The molecule has 0 radical (unpaired) electrons. The fraction of sp³-hybridized carbons (Fsp3) is 0.179. The molecule has 0 aliphatic rings. The van der Waals surface area contributed by atoms with Crippen molar-refractivity contribution in [1.29, 1.82) is 5.26 Å². The zero-order valence-electron chi connectivity index (χ0n) is 19.4. The third-order valence-electron chi connectivity index (χ3n) is 5.82. The fourth-order valence-corrected chi connectivity index (χ4v) is 3.93. The molecule has 3 aromatic carbocycles. The van der Waals surface area contributed by atoms with E-state index < -0.39 is 6.10 Å². The number of carbonyl (C=O) groups excluding carboxylic acids is 1. The van der Waals surface area contributed by atoms with E-state index in [2.05, 4.69) is 11.1 Å². The summed E-state index contributed by atoms with van der Waals surface area (Å²) in [5.41, 5.74) is 6.83. The fourth-order valence-electron chi connectivity index (χ4n) is 3.93. The molecule has 0 saturated heterocycles. The highest BCUT2D eigenvalue weighted by Gasteiger charge is 2.21. The van der Waals surface area contributed by atoms with Crippen LogP contribution in [0.1, 0.15) is 44.4 Å². The minimum Gasteiger partial charge on any atom is -0.465 e. The summed E-state index contributed by atoms with van der Waals surface area (Å²) in [4.78, 5) is 16.0. The summed E-state index contributed by atoms with van der Waals surface area (Å²) in [6.45, 7) is 2.37. The molecule has 0 amide bonds. The molecule has 0 bridgehead atoms. The van der Waals surface area contributed by atoms with Crippen molar-refractivity contribution >= 4 is 5.97 Å². The van der Waals surface area contributed by atoms with Gasteiger partial charge in [-0.2, -0.15) is 5.26 Å². The molecule has 0 aliphatic carbocycles. The summed E-state index contributed by atoms with van der Waals surface area (Å²) in [6, 6.07) is 23.3. The number of methoxy groups -OCH3 is 1. The van der Waals surface area contributed by atoms with Crippen molar-refractivity contribution in [3.05, 3.63) is 113 Å². The van der Waals surface area contributed by atoms with Gasteiger partial charge in [-0.3, -0.25) is 0 Å². The van der Waals surface area contributed by atoms with Gasteiger partial charge in [0, 0.05) is 12.6 Å². The Hall–Kier alpha value is -4.21. The molecule has 4 rings (SSSR count). The Morgan fingerprint density at radius 3 is 2.50 bits per heavy atom. The minimum atomic E-state index is -0.400. The average Bonchev–Trinajstić information content (AvgIpc) is 3.29. The predicted octanol–water partition coefficient (Wildman–Crippen LogP) is 5.36. The second kappa shape index (κ2) is 10.2. The second-order valence-corrected chi connectivity index (χ2v) is 8.04. The second-order valence-electron chi connectivity index (χ2n) is 8.04. The molecule has 6 nitrogen and oxygen atoms in total. The molecule has 0 N–H and O–H groups in total. The summed E-state index contributed by atoms with van der Waals surface area (Å²) in [7, 11) is 3.29. The molecule has 34 heavy (non-hydrogen) atoms. The molecule has 1 atom stereocenters. The van der Waals surface area contributed by atoms with E-state index in [1.165, 1.54) is 7.11 Å². The zero-order chi connectivity index (χ0) is 24.1. The van der Waals surface area contributed by atoms with Gasteiger partial charge >= 0.3 is 5.97 Å². The van der Waals surface area contributed by atoms with E-state index in [-0.39, 0.29) is 5.97 Å². The number of benzene rings is 3. The smallest absolute Gasteiger partial charge is 0.337 e. The molecule has 1 heterocycles. The van der Waals surface area contributed by atoms with E-state index in [0.29, 0.717) is 17.7 Å². The highest BCUT2D eigenvalue weighted by molar-refractivity contribution is 5.89. The lowest BCUT2D eigenvalue weighted by atomic mass is 9.93. The predicted molar refractivity (Wildman–Crippen MR) is 129 cm³/mol. The lowest BCUT2D eigenvalue weighted by molar-refractivity contribution is 0.0596. The lowest BCUT2D eigenvalue weighted by Gasteiger charge is -2.21. The number of carbonyl (C=O) groups is 1. The van der Waals surface area contributed by atoms with Crippen LogP contribution in [0.15, 0.2) is 79.3 Å². The number of nitrogens with zero attached hydrogens (tertiary/aromatic N) is 3. The van der Waals surface area contributed by atoms with Crippen molar-refractivity contribution in [2.75, 3.05) is 7.11 Å².